The zero-order valence-electron chi connectivity index (χ0n) is 19.8. The van der Waals surface area contributed by atoms with Crippen LogP contribution in [0.2, 0.25) is 0 Å². The molecule has 33 heavy (non-hydrogen) atoms. The molecule has 5 rings (SSSR count). The molecular weight excluding hydrogens is 430 g/mol. The highest BCUT2D eigenvalue weighted by atomic mass is 32.1. The molecule has 2 atom stereocenters. The predicted octanol–water partition coefficient (Wildman–Crippen LogP) is 4.25. The SMILES string of the molecule is Cc1ccc([C@H]2c3ccsc3CCN2CC(=O)N2CCN(C(=O)C3CCCC3)[C@H](C)C2)cc1. The molecule has 6 heteroatoms. The van der Waals surface area contributed by atoms with Crippen LogP contribution in [0.15, 0.2) is 35.7 Å². The number of hydrogen-bond acceptors (Lipinski definition) is 4. The maximum Gasteiger partial charge on any atom is 0.236 e. The molecule has 3 heterocycles. The van der Waals surface area contributed by atoms with Crippen molar-refractivity contribution < 1.29 is 9.59 Å². The van der Waals surface area contributed by atoms with Crippen LogP contribution in [0.3, 0.4) is 0 Å². The summed E-state index contributed by atoms with van der Waals surface area (Å²) in [6.45, 7) is 7.49. The molecule has 0 N–H and O–H groups in total. The molecule has 0 radical (unpaired) electrons. The summed E-state index contributed by atoms with van der Waals surface area (Å²) in [7, 11) is 0. The van der Waals surface area contributed by atoms with E-state index in [2.05, 4.69) is 54.5 Å². The topological polar surface area (TPSA) is 43.9 Å². The van der Waals surface area contributed by atoms with Gasteiger partial charge < -0.3 is 9.80 Å². The van der Waals surface area contributed by atoms with E-state index in [9.17, 15) is 9.59 Å². The number of nitrogens with zero attached hydrogens (tertiary/aromatic N) is 3. The number of piperazine rings is 1. The number of aryl methyl sites for hydroxylation is 1. The average molecular weight is 466 g/mol. The molecule has 2 amide bonds. The standard InChI is InChI=1S/C27H35N3O2S/c1-19-7-9-21(10-8-19)26-23-12-16-33-24(23)11-13-29(26)18-25(31)28-14-15-30(20(2)17-28)27(32)22-5-3-4-6-22/h7-10,12,16,20,22,26H,3-6,11,13-15,17-18H2,1-2H3/t20-,26+/m1/s1. The first-order valence-corrected chi connectivity index (χ1v) is 13.3. The Hall–Kier alpha value is -2.18. The molecule has 1 aromatic carbocycles. The van der Waals surface area contributed by atoms with E-state index in [1.165, 1.54) is 34.4 Å². The minimum atomic E-state index is 0.0912. The lowest BCUT2D eigenvalue weighted by Crippen LogP contribution is -2.58. The van der Waals surface area contributed by atoms with Crippen molar-refractivity contribution in [2.45, 2.75) is 58.0 Å². The summed E-state index contributed by atoms with van der Waals surface area (Å²) in [6.07, 6.45) is 5.41. The molecule has 1 saturated carbocycles. The number of thiophene rings is 1. The van der Waals surface area contributed by atoms with Crippen LogP contribution >= 0.6 is 11.3 Å². The van der Waals surface area contributed by atoms with Crippen molar-refractivity contribution in [3.63, 3.8) is 0 Å². The lowest BCUT2D eigenvalue weighted by molar-refractivity contribution is -0.145. The van der Waals surface area contributed by atoms with Gasteiger partial charge in [-0.25, -0.2) is 0 Å². The number of benzene rings is 1. The number of rotatable bonds is 4. The van der Waals surface area contributed by atoms with Crippen LogP contribution in [0.4, 0.5) is 0 Å². The summed E-state index contributed by atoms with van der Waals surface area (Å²) >= 11 is 1.83. The van der Waals surface area contributed by atoms with Crippen LogP contribution in [-0.4, -0.2) is 65.3 Å². The minimum absolute atomic E-state index is 0.0912. The minimum Gasteiger partial charge on any atom is -0.338 e. The third-order valence-corrected chi connectivity index (χ3v) is 8.76. The van der Waals surface area contributed by atoms with Crippen molar-refractivity contribution in [1.82, 2.24) is 14.7 Å². The molecular formula is C27H35N3O2S. The number of carbonyl (C=O) groups excluding carboxylic acids is 2. The molecule has 2 fully saturated rings. The number of fused-ring (bicyclic) bond motifs is 1. The van der Waals surface area contributed by atoms with Gasteiger partial charge in [0.2, 0.25) is 11.8 Å². The van der Waals surface area contributed by atoms with E-state index in [1.54, 1.807) is 0 Å². The summed E-state index contributed by atoms with van der Waals surface area (Å²) in [4.78, 5) is 34.2. The fourth-order valence-electron chi connectivity index (χ4n) is 5.87. The quantitative estimate of drug-likeness (QED) is 0.678. The first kappa shape index (κ1) is 22.6. The molecule has 5 nitrogen and oxygen atoms in total. The summed E-state index contributed by atoms with van der Waals surface area (Å²) in [5.41, 5.74) is 3.86. The van der Waals surface area contributed by atoms with Crippen molar-refractivity contribution in [2.75, 3.05) is 32.7 Å². The van der Waals surface area contributed by atoms with E-state index in [0.717, 1.165) is 25.8 Å². The third-order valence-electron chi connectivity index (χ3n) is 7.76. The Bertz CT molecular complexity index is 995. The second kappa shape index (κ2) is 9.59. The molecule has 176 valence electrons. The maximum atomic E-state index is 13.4. The monoisotopic (exact) mass is 465 g/mol. The molecule has 0 bridgehead atoms. The Morgan fingerprint density at radius 1 is 1.03 bits per heavy atom. The van der Waals surface area contributed by atoms with Gasteiger partial charge in [-0.3, -0.25) is 14.5 Å². The van der Waals surface area contributed by atoms with Gasteiger partial charge in [-0.05, 0) is 55.7 Å². The first-order valence-electron chi connectivity index (χ1n) is 12.5. The largest absolute Gasteiger partial charge is 0.338 e. The second-order valence-corrected chi connectivity index (χ2v) is 11.0. The Kier molecular flexibility index (Phi) is 6.57. The Morgan fingerprint density at radius 3 is 2.52 bits per heavy atom. The van der Waals surface area contributed by atoms with Crippen molar-refractivity contribution >= 4 is 23.2 Å². The summed E-state index contributed by atoms with van der Waals surface area (Å²) < 4.78 is 0. The van der Waals surface area contributed by atoms with E-state index in [1.807, 2.05) is 21.1 Å². The van der Waals surface area contributed by atoms with Gasteiger partial charge in [0.05, 0.1) is 12.6 Å². The fourth-order valence-corrected chi connectivity index (χ4v) is 6.77. The van der Waals surface area contributed by atoms with E-state index in [0.29, 0.717) is 32.1 Å². The summed E-state index contributed by atoms with van der Waals surface area (Å²) in [6, 6.07) is 11.2. The second-order valence-electron chi connectivity index (χ2n) is 10.0. The van der Waals surface area contributed by atoms with Gasteiger partial charge in [0.25, 0.3) is 0 Å². The van der Waals surface area contributed by atoms with Gasteiger partial charge in [0.1, 0.15) is 0 Å². The zero-order valence-corrected chi connectivity index (χ0v) is 20.7. The molecule has 2 aromatic rings. The Labute approximate surface area is 201 Å². The highest BCUT2D eigenvalue weighted by Gasteiger charge is 2.36. The van der Waals surface area contributed by atoms with E-state index >= 15 is 0 Å². The molecule has 0 spiro atoms. The molecule has 1 aliphatic carbocycles. The normalized spacial score (nSPS) is 24.2. The Balaban J connectivity index is 1.27. The van der Waals surface area contributed by atoms with Crippen LogP contribution in [-0.2, 0) is 16.0 Å². The summed E-state index contributed by atoms with van der Waals surface area (Å²) in [5.74, 6) is 0.705. The maximum absolute atomic E-state index is 13.4. The number of amides is 2. The average Bonchev–Trinajstić information content (AvgIpc) is 3.51. The highest BCUT2D eigenvalue weighted by molar-refractivity contribution is 7.10. The van der Waals surface area contributed by atoms with Gasteiger partial charge in [0, 0.05) is 43.0 Å². The van der Waals surface area contributed by atoms with Crippen LogP contribution < -0.4 is 0 Å². The third kappa shape index (κ3) is 4.60. The number of hydrogen-bond donors (Lipinski definition) is 0. The van der Waals surface area contributed by atoms with Crippen molar-refractivity contribution in [1.29, 1.82) is 0 Å². The van der Waals surface area contributed by atoms with Crippen molar-refractivity contribution in [3.8, 4) is 0 Å². The number of carbonyl (C=O) groups is 2. The summed E-state index contributed by atoms with van der Waals surface area (Å²) in [5, 5.41) is 2.18. The highest BCUT2D eigenvalue weighted by Crippen LogP contribution is 2.38. The van der Waals surface area contributed by atoms with Crippen molar-refractivity contribution in [3.05, 3.63) is 57.3 Å². The zero-order chi connectivity index (χ0) is 22.9. The van der Waals surface area contributed by atoms with E-state index in [-0.39, 0.29) is 23.9 Å². The van der Waals surface area contributed by atoms with Crippen LogP contribution in [0.25, 0.3) is 0 Å². The van der Waals surface area contributed by atoms with Gasteiger partial charge in [-0.1, -0.05) is 42.7 Å². The lowest BCUT2D eigenvalue weighted by Gasteiger charge is -2.42. The van der Waals surface area contributed by atoms with Gasteiger partial charge >= 0.3 is 0 Å². The van der Waals surface area contributed by atoms with Gasteiger partial charge in [0.15, 0.2) is 0 Å². The van der Waals surface area contributed by atoms with Crippen LogP contribution in [0.1, 0.15) is 60.2 Å². The Morgan fingerprint density at radius 2 is 1.79 bits per heavy atom. The smallest absolute Gasteiger partial charge is 0.236 e. The van der Waals surface area contributed by atoms with Gasteiger partial charge in [-0.15, -0.1) is 11.3 Å². The van der Waals surface area contributed by atoms with E-state index in [4.69, 9.17) is 0 Å². The first-order chi connectivity index (χ1) is 16.0. The molecule has 0 unspecified atom stereocenters. The molecule has 2 aliphatic heterocycles. The van der Waals surface area contributed by atoms with Crippen LogP contribution in [0, 0.1) is 12.8 Å². The van der Waals surface area contributed by atoms with E-state index < -0.39 is 0 Å². The predicted molar refractivity (Wildman–Crippen MR) is 132 cm³/mol. The van der Waals surface area contributed by atoms with Gasteiger partial charge in [-0.2, -0.15) is 0 Å². The molecule has 1 saturated heterocycles. The van der Waals surface area contributed by atoms with Crippen molar-refractivity contribution in [2.24, 2.45) is 5.92 Å². The lowest BCUT2D eigenvalue weighted by atomic mass is 9.92. The molecule has 1 aromatic heterocycles. The van der Waals surface area contributed by atoms with Crippen LogP contribution in [0.5, 0.6) is 0 Å². The molecule has 3 aliphatic rings. The fraction of sp³-hybridized carbons (Fsp3) is 0.556.